The lowest BCUT2D eigenvalue weighted by atomic mass is 10.1. The maximum atomic E-state index is 12.8. The SMILES string of the molecule is Cc1ccc(-c2noc([C@H]3CC(=O)CN3)n2)cc1NC(=O)c1cnc2ccccn12. The number of nitrogens with one attached hydrogen (secondary N) is 2. The van der Waals surface area contributed by atoms with E-state index in [0.717, 1.165) is 5.56 Å². The second-order valence-electron chi connectivity index (χ2n) is 7.19. The quantitative estimate of drug-likeness (QED) is 0.539. The molecule has 1 fully saturated rings. The van der Waals surface area contributed by atoms with Gasteiger partial charge >= 0.3 is 0 Å². The van der Waals surface area contributed by atoms with Gasteiger partial charge in [-0.05, 0) is 30.7 Å². The molecule has 1 aliphatic heterocycles. The highest BCUT2D eigenvalue weighted by molar-refractivity contribution is 6.04. The molecule has 4 aromatic rings. The monoisotopic (exact) mass is 402 g/mol. The fraction of sp³-hybridized carbons (Fsp3) is 0.190. The third-order valence-corrected chi connectivity index (χ3v) is 5.11. The zero-order valence-electron chi connectivity index (χ0n) is 16.1. The number of aryl methyl sites for hydroxylation is 1. The van der Waals surface area contributed by atoms with E-state index in [4.69, 9.17) is 4.52 Å². The van der Waals surface area contributed by atoms with Crippen molar-refractivity contribution < 1.29 is 14.1 Å². The van der Waals surface area contributed by atoms with Gasteiger partial charge in [-0.1, -0.05) is 23.4 Å². The van der Waals surface area contributed by atoms with Gasteiger partial charge < -0.3 is 9.84 Å². The van der Waals surface area contributed by atoms with E-state index in [0.29, 0.717) is 47.3 Å². The predicted octanol–water partition coefficient (Wildman–Crippen LogP) is 2.55. The van der Waals surface area contributed by atoms with E-state index in [1.165, 1.54) is 0 Å². The van der Waals surface area contributed by atoms with E-state index < -0.39 is 0 Å². The first-order valence-electron chi connectivity index (χ1n) is 9.51. The molecule has 30 heavy (non-hydrogen) atoms. The van der Waals surface area contributed by atoms with Gasteiger partial charge in [-0.2, -0.15) is 4.98 Å². The number of amides is 1. The molecule has 1 aromatic carbocycles. The lowest BCUT2D eigenvalue weighted by molar-refractivity contribution is -0.116. The highest BCUT2D eigenvalue weighted by atomic mass is 16.5. The molecule has 1 aliphatic rings. The van der Waals surface area contributed by atoms with Crippen LogP contribution in [-0.2, 0) is 4.79 Å². The smallest absolute Gasteiger partial charge is 0.274 e. The molecule has 0 saturated carbocycles. The molecule has 0 spiro atoms. The van der Waals surface area contributed by atoms with E-state index >= 15 is 0 Å². The summed E-state index contributed by atoms with van der Waals surface area (Å²) in [5.41, 5.74) is 3.38. The Kier molecular flexibility index (Phi) is 4.36. The molecular weight excluding hydrogens is 384 g/mol. The standard InChI is InChI=1S/C21H18N6O3/c1-12-5-6-13(19-25-21(30-26-19)16-9-14(28)10-22-16)8-15(12)24-20(29)17-11-23-18-4-2-3-7-27(17)18/h2-8,11,16,22H,9-10H2,1H3,(H,24,29)/t16-/m1/s1. The van der Waals surface area contributed by atoms with E-state index in [9.17, 15) is 9.59 Å². The van der Waals surface area contributed by atoms with Crippen LogP contribution < -0.4 is 10.6 Å². The number of carbonyl (C=O) groups excluding carboxylic acids is 2. The highest BCUT2D eigenvalue weighted by Crippen LogP contribution is 2.27. The van der Waals surface area contributed by atoms with Crippen LogP contribution in [0, 0.1) is 6.92 Å². The van der Waals surface area contributed by atoms with Crippen molar-refractivity contribution in [3.05, 3.63) is 65.9 Å². The van der Waals surface area contributed by atoms with Crippen LogP contribution in [0.25, 0.3) is 17.0 Å². The third-order valence-electron chi connectivity index (χ3n) is 5.11. The zero-order valence-corrected chi connectivity index (χ0v) is 16.1. The van der Waals surface area contributed by atoms with Crippen LogP contribution in [0.1, 0.15) is 34.4 Å². The molecule has 1 amide bonds. The Labute approximate surface area is 171 Å². The normalized spacial score (nSPS) is 16.3. The molecular formula is C21H18N6O3. The molecule has 0 bridgehead atoms. The molecule has 150 valence electrons. The van der Waals surface area contributed by atoms with Crippen molar-refractivity contribution in [3.63, 3.8) is 0 Å². The molecule has 2 N–H and O–H groups in total. The summed E-state index contributed by atoms with van der Waals surface area (Å²) >= 11 is 0. The summed E-state index contributed by atoms with van der Waals surface area (Å²) in [5, 5.41) is 10.0. The van der Waals surface area contributed by atoms with E-state index in [1.807, 2.05) is 37.3 Å². The third kappa shape index (κ3) is 3.25. The number of pyridine rings is 1. The van der Waals surface area contributed by atoms with E-state index in [1.54, 1.807) is 22.9 Å². The Morgan fingerprint density at radius 3 is 3.03 bits per heavy atom. The Bertz CT molecular complexity index is 1270. The van der Waals surface area contributed by atoms with Crippen molar-refractivity contribution in [1.82, 2.24) is 24.8 Å². The minimum absolute atomic E-state index is 0.118. The van der Waals surface area contributed by atoms with Gasteiger partial charge in [-0.15, -0.1) is 0 Å². The molecule has 0 aliphatic carbocycles. The summed E-state index contributed by atoms with van der Waals surface area (Å²) in [6, 6.07) is 10.8. The second kappa shape index (κ2) is 7.20. The summed E-state index contributed by atoms with van der Waals surface area (Å²) < 4.78 is 7.07. The van der Waals surface area contributed by atoms with Crippen molar-refractivity contribution in [2.75, 3.05) is 11.9 Å². The van der Waals surface area contributed by atoms with Gasteiger partial charge in [0, 0.05) is 23.9 Å². The Morgan fingerprint density at radius 1 is 1.30 bits per heavy atom. The van der Waals surface area contributed by atoms with Crippen LogP contribution in [0.4, 0.5) is 5.69 Å². The van der Waals surface area contributed by atoms with Crippen LogP contribution in [-0.4, -0.2) is 37.8 Å². The van der Waals surface area contributed by atoms with E-state index in [2.05, 4.69) is 25.8 Å². The topological polar surface area (TPSA) is 114 Å². The first-order chi connectivity index (χ1) is 14.6. The number of benzene rings is 1. The fourth-order valence-corrected chi connectivity index (χ4v) is 3.46. The summed E-state index contributed by atoms with van der Waals surface area (Å²) in [6.45, 7) is 2.22. The van der Waals surface area contributed by atoms with Crippen LogP contribution in [0.15, 0.2) is 53.3 Å². The summed E-state index contributed by atoms with van der Waals surface area (Å²) in [4.78, 5) is 33.0. The number of anilines is 1. The average Bonchev–Trinajstić information content (AvgIpc) is 3.48. The number of nitrogens with zero attached hydrogens (tertiary/aromatic N) is 4. The molecule has 4 heterocycles. The summed E-state index contributed by atoms with van der Waals surface area (Å²) in [5.74, 6) is 0.632. The minimum Gasteiger partial charge on any atom is -0.337 e. The highest BCUT2D eigenvalue weighted by Gasteiger charge is 2.28. The second-order valence-corrected chi connectivity index (χ2v) is 7.19. The first kappa shape index (κ1) is 18.2. The lowest BCUT2D eigenvalue weighted by Crippen LogP contribution is -2.15. The summed E-state index contributed by atoms with van der Waals surface area (Å²) in [7, 11) is 0. The van der Waals surface area contributed by atoms with Crippen LogP contribution in [0.5, 0.6) is 0 Å². The van der Waals surface area contributed by atoms with E-state index in [-0.39, 0.29) is 17.7 Å². The number of ketones is 1. The van der Waals surface area contributed by atoms with Gasteiger partial charge in [0.05, 0.1) is 18.8 Å². The molecule has 5 rings (SSSR count). The maximum Gasteiger partial charge on any atom is 0.274 e. The first-order valence-corrected chi connectivity index (χ1v) is 9.51. The van der Waals surface area contributed by atoms with Crippen molar-refractivity contribution >= 4 is 23.0 Å². The largest absolute Gasteiger partial charge is 0.337 e. The van der Waals surface area contributed by atoms with Crippen LogP contribution in [0.3, 0.4) is 0 Å². The Morgan fingerprint density at radius 2 is 2.20 bits per heavy atom. The summed E-state index contributed by atoms with van der Waals surface area (Å²) in [6.07, 6.45) is 3.69. The number of rotatable bonds is 4. The predicted molar refractivity (Wildman–Crippen MR) is 108 cm³/mol. The molecule has 1 saturated heterocycles. The van der Waals surface area contributed by atoms with Gasteiger partial charge in [-0.25, -0.2) is 4.98 Å². The van der Waals surface area contributed by atoms with Gasteiger partial charge in [0.2, 0.25) is 11.7 Å². The number of imidazole rings is 1. The average molecular weight is 402 g/mol. The molecule has 0 radical (unpaired) electrons. The number of hydrogen-bond acceptors (Lipinski definition) is 7. The Hall–Kier alpha value is -3.85. The van der Waals surface area contributed by atoms with Gasteiger partial charge in [-0.3, -0.25) is 19.3 Å². The minimum atomic E-state index is -0.267. The molecule has 9 nitrogen and oxygen atoms in total. The van der Waals surface area contributed by atoms with Crippen molar-refractivity contribution in [3.8, 4) is 11.4 Å². The molecule has 0 unspecified atom stereocenters. The number of aromatic nitrogens is 4. The maximum absolute atomic E-state index is 12.8. The zero-order chi connectivity index (χ0) is 20.7. The fourth-order valence-electron chi connectivity index (χ4n) is 3.46. The molecule has 3 aromatic heterocycles. The number of hydrogen-bond donors (Lipinski definition) is 2. The van der Waals surface area contributed by atoms with Crippen LogP contribution >= 0.6 is 0 Å². The van der Waals surface area contributed by atoms with Gasteiger partial charge in [0.1, 0.15) is 17.1 Å². The van der Waals surface area contributed by atoms with Crippen molar-refractivity contribution in [2.45, 2.75) is 19.4 Å². The van der Waals surface area contributed by atoms with Crippen molar-refractivity contribution in [1.29, 1.82) is 0 Å². The lowest BCUT2D eigenvalue weighted by Gasteiger charge is -2.09. The number of Topliss-reactive ketones (excluding diaryl/α,β-unsaturated/α-hetero) is 1. The van der Waals surface area contributed by atoms with Gasteiger partial charge in [0.15, 0.2) is 0 Å². The van der Waals surface area contributed by atoms with Crippen LogP contribution in [0.2, 0.25) is 0 Å². The van der Waals surface area contributed by atoms with Crippen molar-refractivity contribution in [2.24, 2.45) is 0 Å². The molecule has 1 atom stereocenters. The number of carbonyl (C=O) groups is 2. The van der Waals surface area contributed by atoms with Gasteiger partial charge in [0.25, 0.3) is 5.91 Å². The number of fused-ring (bicyclic) bond motifs is 1. The molecule has 9 heteroatoms. The Balaban J connectivity index is 1.41.